The first-order chi connectivity index (χ1) is 8.54. The van der Waals surface area contributed by atoms with Crippen LogP contribution in [0, 0.1) is 5.41 Å². The van der Waals surface area contributed by atoms with E-state index in [1.165, 1.54) is 4.70 Å². The van der Waals surface area contributed by atoms with Gasteiger partial charge >= 0.3 is 0 Å². The van der Waals surface area contributed by atoms with E-state index in [1.807, 2.05) is 18.2 Å². The molecule has 1 aromatic carbocycles. The maximum atomic E-state index is 5.94. The number of benzene rings is 1. The fourth-order valence-electron chi connectivity index (χ4n) is 1.91. The van der Waals surface area contributed by atoms with Gasteiger partial charge in [-0.3, -0.25) is 0 Å². The van der Waals surface area contributed by atoms with E-state index in [9.17, 15) is 0 Å². The lowest BCUT2D eigenvalue weighted by Gasteiger charge is -2.25. The lowest BCUT2D eigenvalue weighted by atomic mass is 9.89. The predicted molar refractivity (Wildman–Crippen MR) is 75.4 cm³/mol. The van der Waals surface area contributed by atoms with Crippen molar-refractivity contribution in [1.29, 1.82) is 0 Å². The molecule has 0 spiro atoms. The van der Waals surface area contributed by atoms with Gasteiger partial charge in [0.2, 0.25) is 5.90 Å². The van der Waals surface area contributed by atoms with Crippen molar-refractivity contribution in [2.45, 2.75) is 26.9 Å². The molecule has 94 valence electrons. The molecule has 3 nitrogen and oxygen atoms in total. The number of hydrogen-bond acceptors (Lipinski definition) is 4. The summed E-state index contributed by atoms with van der Waals surface area (Å²) in [5.41, 5.74) is 1.13. The van der Waals surface area contributed by atoms with Crippen LogP contribution in [-0.4, -0.2) is 23.5 Å². The van der Waals surface area contributed by atoms with Gasteiger partial charge in [-0.1, -0.05) is 32.9 Å². The van der Waals surface area contributed by atoms with Gasteiger partial charge in [-0.25, -0.2) is 9.98 Å². The monoisotopic (exact) mass is 260 g/mol. The number of nitrogens with zero attached hydrogens (tertiary/aromatic N) is 2. The molecule has 0 unspecified atom stereocenters. The predicted octanol–water partition coefficient (Wildman–Crippen LogP) is 3.49. The van der Waals surface area contributed by atoms with E-state index in [0.717, 1.165) is 17.1 Å². The molecule has 0 bridgehead atoms. The molecular weight excluding hydrogens is 244 g/mol. The average Bonchev–Trinajstić information content (AvgIpc) is 2.94. The molecule has 1 aromatic heterocycles. The smallest absolute Gasteiger partial charge is 0.246 e. The molecule has 0 aliphatic carbocycles. The second kappa shape index (κ2) is 4.05. The van der Waals surface area contributed by atoms with E-state index in [4.69, 9.17) is 4.74 Å². The minimum absolute atomic E-state index is 0.113. The van der Waals surface area contributed by atoms with Crippen molar-refractivity contribution >= 4 is 27.5 Å². The number of rotatable bonds is 1. The Labute approximate surface area is 111 Å². The average molecular weight is 260 g/mol. The highest BCUT2D eigenvalue weighted by molar-refractivity contribution is 7.20. The summed E-state index contributed by atoms with van der Waals surface area (Å²) in [4.78, 5) is 9.07. The number of aromatic nitrogens is 1. The Morgan fingerprint density at radius 3 is 2.72 bits per heavy atom. The second-order valence-electron chi connectivity index (χ2n) is 5.61. The zero-order chi connectivity index (χ0) is 12.8. The summed E-state index contributed by atoms with van der Waals surface area (Å²) in [6, 6.07) is 8.13. The number of aliphatic imine (C=N–C) groups is 1. The second-order valence-corrected chi connectivity index (χ2v) is 6.64. The number of hydrogen-bond donors (Lipinski definition) is 0. The van der Waals surface area contributed by atoms with Crippen molar-refractivity contribution < 1.29 is 4.74 Å². The Morgan fingerprint density at radius 1 is 1.28 bits per heavy atom. The molecule has 1 atom stereocenters. The number of thiazole rings is 1. The highest BCUT2D eigenvalue weighted by atomic mass is 32.1. The van der Waals surface area contributed by atoms with Crippen LogP contribution in [0.4, 0.5) is 0 Å². The summed E-state index contributed by atoms with van der Waals surface area (Å²) in [5, 5.41) is 0.892. The highest BCUT2D eigenvalue weighted by Gasteiger charge is 2.32. The van der Waals surface area contributed by atoms with Crippen molar-refractivity contribution in [3.05, 3.63) is 29.3 Å². The molecule has 0 radical (unpaired) electrons. The van der Waals surface area contributed by atoms with E-state index in [0.29, 0.717) is 5.90 Å². The Bertz CT molecular complexity index is 577. The fraction of sp³-hybridized carbons (Fsp3) is 0.429. The molecule has 0 amide bonds. The third kappa shape index (κ3) is 2.01. The van der Waals surface area contributed by atoms with Gasteiger partial charge in [0.15, 0.2) is 5.01 Å². The SMILES string of the molecule is CC(C)(C)[C@H]1CN=C(c2nc3ccccc3s2)O1. The Balaban J connectivity index is 1.88. The largest absolute Gasteiger partial charge is 0.470 e. The number of para-hydroxylation sites is 1. The van der Waals surface area contributed by atoms with Gasteiger partial charge in [0.25, 0.3) is 0 Å². The van der Waals surface area contributed by atoms with Crippen LogP contribution in [0.25, 0.3) is 10.2 Å². The fourth-order valence-corrected chi connectivity index (χ4v) is 2.82. The van der Waals surface area contributed by atoms with Crippen LogP contribution in [0.2, 0.25) is 0 Å². The summed E-state index contributed by atoms with van der Waals surface area (Å²) < 4.78 is 7.12. The molecule has 0 saturated carbocycles. The van der Waals surface area contributed by atoms with Crippen LogP contribution >= 0.6 is 11.3 Å². The molecule has 2 aromatic rings. The normalized spacial score (nSPS) is 19.9. The maximum Gasteiger partial charge on any atom is 0.246 e. The van der Waals surface area contributed by atoms with Gasteiger partial charge in [-0.05, 0) is 12.1 Å². The van der Waals surface area contributed by atoms with Crippen LogP contribution < -0.4 is 0 Å². The third-order valence-corrected chi connectivity index (χ3v) is 4.12. The Kier molecular flexibility index (Phi) is 2.63. The zero-order valence-electron chi connectivity index (χ0n) is 10.8. The van der Waals surface area contributed by atoms with Gasteiger partial charge in [-0.15, -0.1) is 11.3 Å². The minimum Gasteiger partial charge on any atom is -0.470 e. The quantitative estimate of drug-likeness (QED) is 0.786. The van der Waals surface area contributed by atoms with E-state index < -0.39 is 0 Å². The summed E-state index contributed by atoms with van der Waals surface area (Å²) in [6.45, 7) is 7.26. The van der Waals surface area contributed by atoms with E-state index in [2.05, 4.69) is 36.8 Å². The molecule has 0 N–H and O–H groups in total. The summed E-state index contributed by atoms with van der Waals surface area (Å²) in [6.07, 6.45) is 0.152. The zero-order valence-corrected chi connectivity index (χ0v) is 11.6. The van der Waals surface area contributed by atoms with Gasteiger partial charge in [0.05, 0.1) is 16.8 Å². The molecule has 3 rings (SSSR count). The van der Waals surface area contributed by atoms with Crippen molar-refractivity contribution in [2.24, 2.45) is 10.4 Å². The molecule has 1 aliphatic heterocycles. The van der Waals surface area contributed by atoms with Crippen molar-refractivity contribution in [1.82, 2.24) is 4.98 Å². The molecule has 0 saturated heterocycles. The van der Waals surface area contributed by atoms with E-state index in [1.54, 1.807) is 11.3 Å². The first-order valence-corrected chi connectivity index (χ1v) is 6.93. The van der Waals surface area contributed by atoms with E-state index in [-0.39, 0.29) is 11.5 Å². The first-order valence-electron chi connectivity index (χ1n) is 6.11. The lowest BCUT2D eigenvalue weighted by Crippen LogP contribution is -2.29. The summed E-state index contributed by atoms with van der Waals surface area (Å²) in [5.74, 6) is 0.705. The number of ether oxygens (including phenoxy) is 1. The standard InChI is InChI=1S/C14H16N2OS/c1-14(2,3)11-8-15-12(17-11)13-16-9-6-4-5-7-10(9)18-13/h4-7,11H,8H2,1-3H3/t11-/m1/s1. The molecule has 18 heavy (non-hydrogen) atoms. The van der Waals surface area contributed by atoms with Crippen LogP contribution in [0.1, 0.15) is 25.8 Å². The van der Waals surface area contributed by atoms with Gasteiger partial charge in [0, 0.05) is 5.41 Å². The Hall–Kier alpha value is -1.42. The van der Waals surface area contributed by atoms with Crippen molar-refractivity contribution in [2.75, 3.05) is 6.54 Å². The molecular formula is C14H16N2OS. The van der Waals surface area contributed by atoms with Gasteiger partial charge in [0.1, 0.15) is 6.10 Å². The summed E-state index contributed by atoms with van der Waals surface area (Å²) in [7, 11) is 0. The van der Waals surface area contributed by atoms with Crippen LogP contribution in [-0.2, 0) is 4.74 Å². The lowest BCUT2D eigenvalue weighted by molar-refractivity contribution is 0.103. The first kappa shape index (κ1) is 11.7. The van der Waals surface area contributed by atoms with Gasteiger partial charge in [-0.2, -0.15) is 0 Å². The van der Waals surface area contributed by atoms with Crippen LogP contribution in [0.15, 0.2) is 29.3 Å². The maximum absolute atomic E-state index is 5.94. The topological polar surface area (TPSA) is 34.5 Å². The molecule has 4 heteroatoms. The summed E-state index contributed by atoms with van der Waals surface area (Å²) >= 11 is 1.64. The van der Waals surface area contributed by atoms with Crippen LogP contribution in [0.5, 0.6) is 0 Å². The minimum atomic E-state index is 0.113. The Morgan fingerprint density at radius 2 is 2.06 bits per heavy atom. The number of fused-ring (bicyclic) bond motifs is 1. The third-order valence-electron chi connectivity index (χ3n) is 3.10. The molecule has 0 fully saturated rings. The molecule has 2 heterocycles. The highest BCUT2D eigenvalue weighted by Crippen LogP contribution is 2.30. The van der Waals surface area contributed by atoms with Crippen molar-refractivity contribution in [3.63, 3.8) is 0 Å². The van der Waals surface area contributed by atoms with Crippen LogP contribution in [0.3, 0.4) is 0 Å². The van der Waals surface area contributed by atoms with Gasteiger partial charge < -0.3 is 4.74 Å². The van der Waals surface area contributed by atoms with E-state index >= 15 is 0 Å². The van der Waals surface area contributed by atoms with Crippen molar-refractivity contribution in [3.8, 4) is 0 Å². The molecule has 1 aliphatic rings.